The summed E-state index contributed by atoms with van der Waals surface area (Å²) in [6.07, 6.45) is 15.8. The van der Waals surface area contributed by atoms with Crippen molar-refractivity contribution in [3.05, 3.63) is 17.7 Å². The number of rotatable bonds is 6. The molecule has 0 atom stereocenters. The topological polar surface area (TPSA) is 27.7 Å². The molecule has 25 heavy (non-hydrogen) atoms. The maximum absolute atomic E-state index is 6.36. The van der Waals surface area contributed by atoms with Crippen LogP contribution in [0.5, 0.6) is 17.2 Å². The molecule has 3 nitrogen and oxygen atoms in total. The van der Waals surface area contributed by atoms with Gasteiger partial charge >= 0.3 is 0 Å². The van der Waals surface area contributed by atoms with Gasteiger partial charge in [-0.25, -0.2) is 0 Å². The lowest BCUT2D eigenvalue weighted by molar-refractivity contribution is 0.184. The average Bonchev–Trinajstić information content (AvgIpc) is 3.35. The Kier molecular flexibility index (Phi) is 5.38. The van der Waals surface area contributed by atoms with E-state index >= 15 is 0 Å². The number of ether oxygens (including phenoxy) is 3. The normalized spacial score (nSPS) is 22.6. The van der Waals surface area contributed by atoms with E-state index in [-0.39, 0.29) is 0 Å². The number of hydrogen-bond donors (Lipinski definition) is 0. The maximum atomic E-state index is 6.36. The summed E-state index contributed by atoms with van der Waals surface area (Å²) < 4.78 is 19.0. The Hall–Kier alpha value is -1.38. The van der Waals surface area contributed by atoms with E-state index in [1.54, 1.807) is 0 Å². The summed E-state index contributed by atoms with van der Waals surface area (Å²) in [5.74, 6) is 2.87. The molecule has 0 amide bonds. The van der Waals surface area contributed by atoms with Gasteiger partial charge in [-0.15, -0.1) is 0 Å². The van der Waals surface area contributed by atoms with Gasteiger partial charge in [0.05, 0.1) is 18.3 Å². The van der Waals surface area contributed by atoms with Crippen molar-refractivity contribution in [3.63, 3.8) is 0 Å². The average molecular weight is 344 g/mol. The molecular weight excluding hydrogens is 312 g/mol. The van der Waals surface area contributed by atoms with E-state index in [4.69, 9.17) is 14.2 Å². The van der Waals surface area contributed by atoms with Crippen molar-refractivity contribution in [2.75, 3.05) is 0 Å². The fraction of sp³-hybridized carbons (Fsp3) is 0.727. The predicted molar refractivity (Wildman–Crippen MR) is 99.8 cm³/mol. The van der Waals surface area contributed by atoms with Crippen LogP contribution in [0.1, 0.15) is 82.6 Å². The van der Waals surface area contributed by atoms with Gasteiger partial charge in [0.15, 0.2) is 0 Å². The zero-order valence-electron chi connectivity index (χ0n) is 15.6. The number of benzene rings is 1. The molecule has 0 radical (unpaired) electrons. The summed E-state index contributed by atoms with van der Waals surface area (Å²) in [7, 11) is 0. The van der Waals surface area contributed by atoms with Gasteiger partial charge in [0.1, 0.15) is 17.2 Å². The molecule has 3 fully saturated rings. The molecule has 0 heterocycles. The minimum absolute atomic E-state index is 0.361. The van der Waals surface area contributed by atoms with Gasteiger partial charge in [0.25, 0.3) is 0 Å². The van der Waals surface area contributed by atoms with Gasteiger partial charge in [-0.2, -0.15) is 0 Å². The first-order valence-corrected chi connectivity index (χ1v) is 10.4. The largest absolute Gasteiger partial charge is 0.490 e. The highest BCUT2D eigenvalue weighted by Crippen LogP contribution is 2.39. The molecule has 4 rings (SSSR count). The first kappa shape index (κ1) is 17.1. The van der Waals surface area contributed by atoms with Gasteiger partial charge in [-0.3, -0.25) is 0 Å². The second-order valence-electron chi connectivity index (χ2n) is 8.12. The molecule has 0 saturated heterocycles. The van der Waals surface area contributed by atoms with Crippen LogP contribution in [0.25, 0.3) is 0 Å². The predicted octanol–water partition coefficient (Wildman–Crippen LogP) is 5.96. The van der Waals surface area contributed by atoms with E-state index < -0.39 is 0 Å². The van der Waals surface area contributed by atoms with Gasteiger partial charge in [0, 0.05) is 17.7 Å². The summed E-state index contributed by atoms with van der Waals surface area (Å²) in [5.41, 5.74) is 1.14. The second kappa shape index (κ2) is 7.88. The van der Waals surface area contributed by atoms with E-state index in [1.807, 2.05) is 0 Å². The Morgan fingerprint density at radius 2 is 0.960 bits per heavy atom. The van der Waals surface area contributed by atoms with Crippen LogP contribution in [-0.4, -0.2) is 18.3 Å². The van der Waals surface area contributed by atoms with E-state index in [1.165, 1.54) is 77.0 Å². The molecule has 0 aromatic heterocycles. The van der Waals surface area contributed by atoms with E-state index in [0.717, 1.165) is 22.8 Å². The van der Waals surface area contributed by atoms with Crippen molar-refractivity contribution in [2.45, 2.75) is 102 Å². The summed E-state index contributed by atoms with van der Waals surface area (Å²) in [4.78, 5) is 0. The minimum Gasteiger partial charge on any atom is -0.490 e. The quantitative estimate of drug-likeness (QED) is 0.637. The maximum Gasteiger partial charge on any atom is 0.130 e. The molecule has 3 aliphatic carbocycles. The van der Waals surface area contributed by atoms with Crippen molar-refractivity contribution in [1.82, 2.24) is 0 Å². The summed E-state index contributed by atoms with van der Waals surface area (Å²) in [6, 6.07) is 4.21. The Morgan fingerprint density at radius 1 is 0.600 bits per heavy atom. The highest BCUT2D eigenvalue weighted by atomic mass is 16.5. The SMILES string of the molecule is Cc1c(OC2CCCC2)cc(OC2CCCC2)cc1OC1CCCC1. The fourth-order valence-corrected chi connectivity index (χ4v) is 4.52. The monoisotopic (exact) mass is 344 g/mol. The third kappa shape index (κ3) is 4.24. The van der Waals surface area contributed by atoms with Gasteiger partial charge in [0.2, 0.25) is 0 Å². The highest BCUT2D eigenvalue weighted by molar-refractivity contribution is 5.50. The van der Waals surface area contributed by atoms with Crippen molar-refractivity contribution >= 4 is 0 Å². The van der Waals surface area contributed by atoms with Crippen LogP contribution in [0.4, 0.5) is 0 Å². The molecule has 3 aliphatic rings. The van der Waals surface area contributed by atoms with Crippen molar-refractivity contribution in [2.24, 2.45) is 0 Å². The zero-order valence-corrected chi connectivity index (χ0v) is 15.6. The zero-order chi connectivity index (χ0) is 17.1. The molecule has 0 aliphatic heterocycles. The lowest BCUT2D eigenvalue weighted by Gasteiger charge is -2.22. The number of hydrogen-bond acceptors (Lipinski definition) is 3. The van der Waals surface area contributed by atoms with Gasteiger partial charge < -0.3 is 14.2 Å². The van der Waals surface area contributed by atoms with Crippen LogP contribution < -0.4 is 14.2 Å². The van der Waals surface area contributed by atoms with Gasteiger partial charge in [-0.1, -0.05) is 0 Å². The lowest BCUT2D eigenvalue weighted by Crippen LogP contribution is -2.16. The molecule has 0 spiro atoms. The highest BCUT2D eigenvalue weighted by Gasteiger charge is 2.23. The van der Waals surface area contributed by atoms with Crippen LogP contribution in [0.15, 0.2) is 12.1 Å². The Labute approximate surface area is 152 Å². The van der Waals surface area contributed by atoms with E-state index in [2.05, 4.69) is 19.1 Å². The fourth-order valence-electron chi connectivity index (χ4n) is 4.52. The summed E-state index contributed by atoms with van der Waals surface area (Å²) in [5, 5.41) is 0. The molecule has 3 saturated carbocycles. The standard InChI is InChI=1S/C22H32O3/c1-16-21(24-18-10-4-5-11-18)14-20(23-17-8-2-3-9-17)15-22(16)25-19-12-6-7-13-19/h14-15,17-19H,2-13H2,1H3. The molecule has 0 bridgehead atoms. The van der Waals surface area contributed by atoms with Crippen LogP contribution in [0.2, 0.25) is 0 Å². The smallest absolute Gasteiger partial charge is 0.130 e. The summed E-state index contributed by atoms with van der Waals surface area (Å²) in [6.45, 7) is 2.13. The van der Waals surface area contributed by atoms with Crippen molar-refractivity contribution in [3.8, 4) is 17.2 Å². The van der Waals surface area contributed by atoms with E-state index in [9.17, 15) is 0 Å². The molecule has 0 unspecified atom stereocenters. The van der Waals surface area contributed by atoms with Crippen LogP contribution in [0.3, 0.4) is 0 Å². The first-order valence-electron chi connectivity index (χ1n) is 10.4. The molecule has 1 aromatic carbocycles. The third-order valence-corrected chi connectivity index (χ3v) is 6.08. The van der Waals surface area contributed by atoms with Crippen molar-refractivity contribution in [1.29, 1.82) is 0 Å². The lowest BCUT2D eigenvalue weighted by atomic mass is 10.1. The van der Waals surface area contributed by atoms with Crippen molar-refractivity contribution < 1.29 is 14.2 Å². The van der Waals surface area contributed by atoms with Crippen LogP contribution in [-0.2, 0) is 0 Å². The molecule has 0 N–H and O–H groups in total. The Bertz CT molecular complexity index is 526. The Balaban J connectivity index is 1.55. The Morgan fingerprint density at radius 3 is 1.36 bits per heavy atom. The van der Waals surface area contributed by atoms with Crippen LogP contribution >= 0.6 is 0 Å². The van der Waals surface area contributed by atoms with E-state index in [0.29, 0.717) is 18.3 Å². The summed E-state index contributed by atoms with van der Waals surface area (Å²) >= 11 is 0. The molecule has 3 heteroatoms. The molecular formula is C22H32O3. The first-order chi connectivity index (χ1) is 12.3. The van der Waals surface area contributed by atoms with Crippen LogP contribution in [0, 0.1) is 6.92 Å². The second-order valence-corrected chi connectivity index (χ2v) is 8.12. The molecule has 138 valence electrons. The molecule has 1 aromatic rings. The third-order valence-electron chi connectivity index (χ3n) is 6.08. The minimum atomic E-state index is 0.361. The van der Waals surface area contributed by atoms with Gasteiger partial charge in [-0.05, 0) is 84.0 Å².